The zero-order valence-electron chi connectivity index (χ0n) is 18.6. The van der Waals surface area contributed by atoms with Crippen LogP contribution in [0.4, 0.5) is 0 Å². The first-order chi connectivity index (χ1) is 16.7. The summed E-state index contributed by atoms with van der Waals surface area (Å²) < 4.78 is 7.61. The van der Waals surface area contributed by atoms with Crippen molar-refractivity contribution >= 4 is 33.3 Å². The van der Waals surface area contributed by atoms with Crippen LogP contribution in [0.3, 0.4) is 0 Å². The molecule has 0 spiro atoms. The smallest absolute Gasteiger partial charge is 0.267 e. The van der Waals surface area contributed by atoms with Gasteiger partial charge >= 0.3 is 0 Å². The van der Waals surface area contributed by atoms with Crippen LogP contribution in [0.1, 0.15) is 29.7 Å². The molecule has 5 aromatic rings. The number of aromatic nitrogens is 4. The average Bonchev–Trinajstić information content (AvgIpc) is 3.48. The van der Waals surface area contributed by atoms with E-state index in [1.807, 2.05) is 60.7 Å². The molecule has 1 aliphatic rings. The van der Waals surface area contributed by atoms with Crippen molar-refractivity contribution in [1.82, 2.24) is 19.7 Å². The number of thiophene rings is 1. The van der Waals surface area contributed by atoms with Crippen molar-refractivity contribution in [1.29, 1.82) is 0 Å². The van der Waals surface area contributed by atoms with Gasteiger partial charge in [-0.3, -0.25) is 9.36 Å². The normalized spacial score (nSPS) is 15.5. The molecule has 0 saturated carbocycles. The van der Waals surface area contributed by atoms with Gasteiger partial charge in [0.15, 0.2) is 5.16 Å². The van der Waals surface area contributed by atoms with E-state index in [2.05, 4.69) is 17.1 Å². The standard InChI is InChI=1S/C26H22N4O2S2/c1-16-12-13-19-20(14-16)34-24-22(19)25(31)30(18-10-6-3-7-11-18)26(27-24)33-15-21-28-29-23(32-21)17-8-4-2-5-9-17/h2-11,16H,12-15H2,1H3. The highest BCUT2D eigenvalue weighted by atomic mass is 32.2. The van der Waals surface area contributed by atoms with Crippen LogP contribution in [0.2, 0.25) is 0 Å². The van der Waals surface area contributed by atoms with Crippen molar-refractivity contribution in [3.05, 3.63) is 87.3 Å². The first-order valence-electron chi connectivity index (χ1n) is 11.3. The molecule has 0 amide bonds. The molecule has 0 N–H and O–H groups in total. The molecule has 3 aromatic heterocycles. The van der Waals surface area contributed by atoms with Crippen LogP contribution in [0, 0.1) is 5.92 Å². The van der Waals surface area contributed by atoms with Crippen LogP contribution in [0.5, 0.6) is 0 Å². The molecule has 170 valence electrons. The summed E-state index contributed by atoms with van der Waals surface area (Å²) in [7, 11) is 0. The number of fused-ring (bicyclic) bond motifs is 3. The second kappa shape index (κ2) is 8.85. The summed E-state index contributed by atoms with van der Waals surface area (Å²) in [4.78, 5) is 20.9. The maximum atomic E-state index is 13.8. The maximum absolute atomic E-state index is 13.8. The molecule has 0 aliphatic heterocycles. The SMILES string of the molecule is CC1CCc2c(sc3nc(SCc4nnc(-c5ccccc5)o4)n(-c4ccccc4)c(=O)c23)C1. The minimum Gasteiger partial charge on any atom is -0.420 e. The van der Waals surface area contributed by atoms with Gasteiger partial charge in [-0.2, -0.15) is 0 Å². The van der Waals surface area contributed by atoms with Crippen LogP contribution in [-0.2, 0) is 18.6 Å². The van der Waals surface area contributed by atoms with Gasteiger partial charge in [-0.05, 0) is 55.0 Å². The highest BCUT2D eigenvalue weighted by Gasteiger charge is 2.25. The highest BCUT2D eigenvalue weighted by Crippen LogP contribution is 2.37. The lowest BCUT2D eigenvalue weighted by Crippen LogP contribution is -2.22. The van der Waals surface area contributed by atoms with Gasteiger partial charge < -0.3 is 4.42 Å². The lowest BCUT2D eigenvalue weighted by atomic mass is 9.89. The van der Waals surface area contributed by atoms with Gasteiger partial charge in [0.1, 0.15) is 4.83 Å². The first-order valence-corrected chi connectivity index (χ1v) is 13.1. The summed E-state index contributed by atoms with van der Waals surface area (Å²) >= 11 is 3.11. The molecule has 0 radical (unpaired) electrons. The molecule has 34 heavy (non-hydrogen) atoms. The summed E-state index contributed by atoms with van der Waals surface area (Å²) in [6.07, 6.45) is 3.08. The fraction of sp³-hybridized carbons (Fsp3) is 0.231. The number of para-hydroxylation sites is 1. The summed E-state index contributed by atoms with van der Waals surface area (Å²) in [6.45, 7) is 2.28. The third kappa shape index (κ3) is 3.86. The Labute approximate surface area is 204 Å². The first kappa shape index (κ1) is 21.3. The summed E-state index contributed by atoms with van der Waals surface area (Å²) in [5.74, 6) is 2.05. The van der Waals surface area contributed by atoms with Crippen molar-refractivity contribution in [2.45, 2.75) is 37.1 Å². The number of hydrogen-bond donors (Lipinski definition) is 0. The fourth-order valence-corrected chi connectivity index (χ4v) is 6.68. The van der Waals surface area contributed by atoms with Gasteiger partial charge in [0.25, 0.3) is 5.56 Å². The molecule has 6 rings (SSSR count). The van der Waals surface area contributed by atoms with E-state index in [0.717, 1.165) is 40.7 Å². The van der Waals surface area contributed by atoms with Crippen LogP contribution < -0.4 is 5.56 Å². The monoisotopic (exact) mass is 486 g/mol. The zero-order chi connectivity index (χ0) is 23.1. The fourth-order valence-electron chi connectivity index (χ4n) is 4.41. The van der Waals surface area contributed by atoms with Crippen LogP contribution in [0.15, 0.2) is 75.0 Å². The van der Waals surface area contributed by atoms with E-state index in [4.69, 9.17) is 9.40 Å². The average molecular weight is 487 g/mol. The molecule has 0 bridgehead atoms. The van der Waals surface area contributed by atoms with Gasteiger partial charge in [-0.25, -0.2) is 4.98 Å². The molecule has 3 heterocycles. The Bertz CT molecular complexity index is 1520. The topological polar surface area (TPSA) is 73.8 Å². The van der Waals surface area contributed by atoms with Crippen LogP contribution in [-0.4, -0.2) is 19.7 Å². The Kier molecular flexibility index (Phi) is 5.55. The van der Waals surface area contributed by atoms with E-state index in [9.17, 15) is 4.79 Å². The van der Waals surface area contributed by atoms with Crippen molar-refractivity contribution in [2.24, 2.45) is 5.92 Å². The van der Waals surface area contributed by atoms with E-state index in [1.165, 1.54) is 22.2 Å². The predicted molar refractivity (Wildman–Crippen MR) is 136 cm³/mol. The number of aryl methyl sites for hydroxylation is 1. The van der Waals surface area contributed by atoms with Crippen molar-refractivity contribution < 1.29 is 4.42 Å². The predicted octanol–water partition coefficient (Wildman–Crippen LogP) is 5.91. The molecule has 8 heteroatoms. The lowest BCUT2D eigenvalue weighted by molar-refractivity contribution is 0.509. The molecule has 1 atom stereocenters. The minimum atomic E-state index is 0.00116. The quantitative estimate of drug-likeness (QED) is 0.227. The van der Waals surface area contributed by atoms with Crippen molar-refractivity contribution in [2.75, 3.05) is 0 Å². The van der Waals surface area contributed by atoms with Gasteiger partial charge in [-0.1, -0.05) is 55.1 Å². The van der Waals surface area contributed by atoms with E-state index >= 15 is 0 Å². The Morgan fingerprint density at radius 3 is 2.65 bits per heavy atom. The highest BCUT2D eigenvalue weighted by molar-refractivity contribution is 7.98. The van der Waals surface area contributed by atoms with E-state index < -0.39 is 0 Å². The third-order valence-electron chi connectivity index (χ3n) is 6.13. The third-order valence-corrected chi connectivity index (χ3v) is 8.20. The molecular weight excluding hydrogens is 464 g/mol. The number of rotatable bonds is 5. The maximum Gasteiger partial charge on any atom is 0.267 e. The van der Waals surface area contributed by atoms with Crippen LogP contribution >= 0.6 is 23.1 Å². The summed E-state index contributed by atoms with van der Waals surface area (Å²) in [5, 5.41) is 9.80. The number of nitrogens with zero attached hydrogens (tertiary/aromatic N) is 4. The van der Waals surface area contributed by atoms with Gasteiger partial charge in [-0.15, -0.1) is 21.5 Å². The Morgan fingerprint density at radius 2 is 1.85 bits per heavy atom. The summed E-state index contributed by atoms with van der Waals surface area (Å²) in [5.41, 5.74) is 2.89. The molecule has 0 saturated heterocycles. The second-order valence-corrected chi connectivity index (χ2v) is 10.6. The largest absolute Gasteiger partial charge is 0.420 e. The zero-order valence-corrected chi connectivity index (χ0v) is 20.2. The molecule has 0 fully saturated rings. The number of hydrogen-bond acceptors (Lipinski definition) is 7. The lowest BCUT2D eigenvalue weighted by Gasteiger charge is -2.17. The van der Waals surface area contributed by atoms with E-state index in [0.29, 0.717) is 28.6 Å². The van der Waals surface area contributed by atoms with Gasteiger partial charge in [0, 0.05) is 10.4 Å². The minimum absolute atomic E-state index is 0.00116. The number of thioether (sulfide) groups is 1. The Balaban J connectivity index is 1.40. The molecule has 2 aromatic carbocycles. The van der Waals surface area contributed by atoms with Gasteiger partial charge in [0.05, 0.1) is 16.8 Å². The summed E-state index contributed by atoms with van der Waals surface area (Å²) in [6, 6.07) is 19.4. The molecule has 6 nitrogen and oxygen atoms in total. The van der Waals surface area contributed by atoms with E-state index in [1.54, 1.807) is 15.9 Å². The van der Waals surface area contributed by atoms with E-state index in [-0.39, 0.29) is 5.56 Å². The van der Waals surface area contributed by atoms with Gasteiger partial charge in [0.2, 0.25) is 11.8 Å². The van der Waals surface area contributed by atoms with Crippen molar-refractivity contribution in [3.8, 4) is 17.1 Å². The molecule has 1 aliphatic carbocycles. The Hall–Kier alpha value is -3.23. The molecular formula is C26H22N4O2S2. The number of benzene rings is 2. The second-order valence-electron chi connectivity index (χ2n) is 8.56. The van der Waals surface area contributed by atoms with Crippen LogP contribution in [0.25, 0.3) is 27.4 Å². The Morgan fingerprint density at radius 1 is 1.09 bits per heavy atom. The molecule has 1 unspecified atom stereocenters. The van der Waals surface area contributed by atoms with Crippen molar-refractivity contribution in [3.63, 3.8) is 0 Å².